The van der Waals surface area contributed by atoms with Crippen LogP contribution < -0.4 is 16.0 Å². The van der Waals surface area contributed by atoms with Crippen molar-refractivity contribution < 1.29 is 4.79 Å². The molecular weight excluding hydrogens is 288 g/mol. The molecule has 1 aliphatic carbocycles. The highest BCUT2D eigenvalue weighted by molar-refractivity contribution is 5.92. The van der Waals surface area contributed by atoms with Crippen molar-refractivity contribution in [3.63, 3.8) is 0 Å². The van der Waals surface area contributed by atoms with Crippen LogP contribution in [0.4, 0.5) is 5.69 Å². The molecule has 1 saturated carbocycles. The number of hydrogen-bond donors (Lipinski definition) is 3. The number of rotatable bonds is 5. The summed E-state index contributed by atoms with van der Waals surface area (Å²) in [5.74, 6) is 1.06. The predicted octanol–water partition coefficient (Wildman–Crippen LogP) is 2.17. The molecule has 5 nitrogen and oxygen atoms in total. The molecule has 0 aromatic carbocycles. The number of anilines is 1. The summed E-state index contributed by atoms with van der Waals surface area (Å²) < 4.78 is 0. The molecule has 126 valence electrons. The summed E-state index contributed by atoms with van der Waals surface area (Å²) in [5, 5.41) is 10.1. The van der Waals surface area contributed by atoms with E-state index >= 15 is 0 Å². The number of carbonyl (C=O) groups is 1. The Morgan fingerprint density at radius 1 is 1.09 bits per heavy atom. The maximum absolute atomic E-state index is 12.3. The zero-order chi connectivity index (χ0) is 15.9. The molecule has 1 saturated heterocycles. The van der Waals surface area contributed by atoms with Crippen molar-refractivity contribution in [2.45, 2.75) is 44.6 Å². The molecule has 0 atom stereocenters. The van der Waals surface area contributed by atoms with Crippen molar-refractivity contribution in [3.8, 4) is 0 Å². The summed E-state index contributed by atoms with van der Waals surface area (Å²) in [6.45, 7) is 3.39. The van der Waals surface area contributed by atoms with E-state index in [0.29, 0.717) is 6.04 Å². The topological polar surface area (TPSA) is 66.0 Å². The van der Waals surface area contributed by atoms with Gasteiger partial charge in [0.25, 0.3) is 0 Å². The predicted molar refractivity (Wildman–Crippen MR) is 92.2 cm³/mol. The smallest absolute Gasteiger partial charge is 0.227 e. The third kappa shape index (κ3) is 5.01. The monoisotopic (exact) mass is 316 g/mol. The zero-order valence-electron chi connectivity index (χ0n) is 13.8. The average Bonchev–Trinajstić information content (AvgIpc) is 2.62. The third-order valence-electron chi connectivity index (χ3n) is 5.20. The third-order valence-corrected chi connectivity index (χ3v) is 5.20. The van der Waals surface area contributed by atoms with Gasteiger partial charge in [0.15, 0.2) is 0 Å². The van der Waals surface area contributed by atoms with Gasteiger partial charge in [-0.1, -0.05) is 0 Å². The number of nitrogens with one attached hydrogen (secondary N) is 3. The van der Waals surface area contributed by atoms with Crippen molar-refractivity contribution in [3.05, 3.63) is 24.5 Å². The highest BCUT2D eigenvalue weighted by Crippen LogP contribution is 2.29. The Morgan fingerprint density at radius 2 is 1.78 bits per heavy atom. The molecule has 3 rings (SSSR count). The molecule has 1 aromatic rings. The first kappa shape index (κ1) is 16.4. The van der Waals surface area contributed by atoms with Gasteiger partial charge in [-0.15, -0.1) is 0 Å². The summed E-state index contributed by atoms with van der Waals surface area (Å²) >= 11 is 0. The zero-order valence-corrected chi connectivity index (χ0v) is 13.8. The van der Waals surface area contributed by atoms with Gasteiger partial charge in [-0.3, -0.25) is 9.78 Å². The Bertz CT molecular complexity index is 479. The molecule has 5 heteroatoms. The van der Waals surface area contributed by atoms with Gasteiger partial charge in [-0.25, -0.2) is 0 Å². The molecule has 1 aromatic heterocycles. The van der Waals surface area contributed by atoms with Crippen LogP contribution in [0.2, 0.25) is 0 Å². The van der Waals surface area contributed by atoms with Gasteiger partial charge in [0, 0.05) is 30.0 Å². The van der Waals surface area contributed by atoms with Crippen LogP contribution in [0.25, 0.3) is 0 Å². The molecule has 0 spiro atoms. The Hall–Kier alpha value is -1.46. The van der Waals surface area contributed by atoms with Crippen molar-refractivity contribution in [1.82, 2.24) is 15.6 Å². The van der Waals surface area contributed by atoms with E-state index in [-0.39, 0.29) is 11.8 Å². The van der Waals surface area contributed by atoms with E-state index in [0.717, 1.165) is 56.9 Å². The Labute approximate surface area is 138 Å². The van der Waals surface area contributed by atoms with Gasteiger partial charge in [0.05, 0.1) is 0 Å². The molecule has 3 N–H and O–H groups in total. The Kier molecular flexibility index (Phi) is 6.00. The van der Waals surface area contributed by atoms with Gasteiger partial charge in [-0.2, -0.15) is 0 Å². The van der Waals surface area contributed by atoms with Gasteiger partial charge >= 0.3 is 0 Å². The number of pyridine rings is 1. The van der Waals surface area contributed by atoms with Gasteiger partial charge in [0.2, 0.25) is 5.91 Å². The number of amides is 1. The molecule has 1 aliphatic heterocycles. The second-order valence-electron chi connectivity index (χ2n) is 6.88. The van der Waals surface area contributed by atoms with Crippen LogP contribution in [0.5, 0.6) is 0 Å². The standard InChI is InChI=1S/C18H28N4O/c23-18(22-17-7-11-20-12-8-17)15-3-1-14(2-4-15)13-21-16-5-9-19-10-6-16/h7-8,11-12,14-16,19,21H,1-6,9-10,13H2,(H,20,22,23)/t14-,15-. The quantitative estimate of drug-likeness (QED) is 0.779. The second kappa shape index (κ2) is 8.41. The van der Waals surface area contributed by atoms with Crippen LogP contribution in [0.3, 0.4) is 0 Å². The van der Waals surface area contributed by atoms with Gasteiger partial charge in [0.1, 0.15) is 0 Å². The fourth-order valence-electron chi connectivity index (χ4n) is 3.67. The van der Waals surface area contributed by atoms with E-state index in [1.807, 2.05) is 12.1 Å². The average molecular weight is 316 g/mol. The van der Waals surface area contributed by atoms with E-state index in [9.17, 15) is 4.79 Å². The van der Waals surface area contributed by atoms with Gasteiger partial charge in [-0.05, 0) is 76.2 Å². The lowest BCUT2D eigenvalue weighted by atomic mass is 9.81. The molecule has 1 amide bonds. The highest BCUT2D eigenvalue weighted by atomic mass is 16.1. The number of nitrogens with zero attached hydrogens (tertiary/aromatic N) is 1. The van der Waals surface area contributed by atoms with Crippen molar-refractivity contribution in [2.75, 3.05) is 25.0 Å². The lowest BCUT2D eigenvalue weighted by molar-refractivity contribution is -0.121. The van der Waals surface area contributed by atoms with E-state index < -0.39 is 0 Å². The van der Waals surface area contributed by atoms with Crippen molar-refractivity contribution in [1.29, 1.82) is 0 Å². The summed E-state index contributed by atoms with van der Waals surface area (Å²) in [5.41, 5.74) is 0.847. The molecule has 2 fully saturated rings. The molecule has 2 heterocycles. The largest absolute Gasteiger partial charge is 0.326 e. The van der Waals surface area contributed by atoms with Crippen LogP contribution in [-0.4, -0.2) is 36.6 Å². The molecule has 23 heavy (non-hydrogen) atoms. The molecule has 0 radical (unpaired) electrons. The lowest BCUT2D eigenvalue weighted by Gasteiger charge is -2.30. The van der Waals surface area contributed by atoms with Gasteiger partial charge < -0.3 is 16.0 Å². The second-order valence-corrected chi connectivity index (χ2v) is 6.88. The van der Waals surface area contributed by atoms with Crippen LogP contribution >= 0.6 is 0 Å². The minimum Gasteiger partial charge on any atom is -0.326 e. The summed E-state index contributed by atoms with van der Waals surface area (Å²) in [7, 11) is 0. The minimum atomic E-state index is 0.165. The molecule has 0 bridgehead atoms. The SMILES string of the molecule is O=C(Nc1ccncc1)[C@H]1CC[C@H](CNC2CCNCC2)CC1. The van der Waals surface area contributed by atoms with E-state index in [2.05, 4.69) is 20.9 Å². The number of piperidine rings is 1. The van der Waals surface area contributed by atoms with Crippen molar-refractivity contribution >= 4 is 11.6 Å². The first-order chi connectivity index (χ1) is 11.3. The van der Waals surface area contributed by atoms with Crippen LogP contribution in [0.1, 0.15) is 38.5 Å². The number of carbonyl (C=O) groups excluding carboxylic acids is 1. The lowest BCUT2D eigenvalue weighted by Crippen LogP contribution is -2.42. The molecule has 2 aliphatic rings. The normalized spacial score (nSPS) is 25.9. The maximum atomic E-state index is 12.3. The fourth-order valence-corrected chi connectivity index (χ4v) is 3.67. The van der Waals surface area contributed by atoms with E-state index in [4.69, 9.17) is 0 Å². The van der Waals surface area contributed by atoms with E-state index in [1.165, 1.54) is 12.8 Å². The van der Waals surface area contributed by atoms with Crippen LogP contribution in [0, 0.1) is 11.8 Å². The Morgan fingerprint density at radius 3 is 2.48 bits per heavy atom. The molecule has 0 unspecified atom stereocenters. The number of hydrogen-bond acceptors (Lipinski definition) is 4. The van der Waals surface area contributed by atoms with Crippen molar-refractivity contribution in [2.24, 2.45) is 11.8 Å². The van der Waals surface area contributed by atoms with Crippen LogP contribution in [0.15, 0.2) is 24.5 Å². The molecular formula is C18H28N4O. The maximum Gasteiger partial charge on any atom is 0.227 e. The summed E-state index contributed by atoms with van der Waals surface area (Å²) in [6.07, 6.45) is 10.2. The Balaban J connectivity index is 1.37. The first-order valence-electron chi connectivity index (χ1n) is 8.96. The summed E-state index contributed by atoms with van der Waals surface area (Å²) in [6, 6.07) is 4.36. The first-order valence-corrected chi connectivity index (χ1v) is 8.96. The fraction of sp³-hybridized carbons (Fsp3) is 0.667. The minimum absolute atomic E-state index is 0.165. The van der Waals surface area contributed by atoms with Crippen LogP contribution in [-0.2, 0) is 4.79 Å². The summed E-state index contributed by atoms with van der Waals surface area (Å²) in [4.78, 5) is 16.3. The van der Waals surface area contributed by atoms with E-state index in [1.54, 1.807) is 12.4 Å². The number of aromatic nitrogens is 1. The highest BCUT2D eigenvalue weighted by Gasteiger charge is 2.26.